The van der Waals surface area contributed by atoms with Gasteiger partial charge in [0, 0.05) is 10.6 Å². The summed E-state index contributed by atoms with van der Waals surface area (Å²) in [6, 6.07) is 12.3. The first-order valence-electron chi connectivity index (χ1n) is 8.65. The Balaban J connectivity index is 1.83. The van der Waals surface area contributed by atoms with E-state index in [1.807, 2.05) is 6.92 Å². The van der Waals surface area contributed by atoms with Crippen LogP contribution in [0.15, 0.2) is 48.5 Å². The van der Waals surface area contributed by atoms with Gasteiger partial charge in [0.05, 0.1) is 28.7 Å². The number of nitrogens with zero attached hydrogens (tertiary/aromatic N) is 1. The molecule has 0 saturated heterocycles. The first-order chi connectivity index (χ1) is 14.3. The fraction of sp³-hybridized carbons (Fsp3) is 0.0909. The molecule has 0 aliphatic carbocycles. The van der Waals surface area contributed by atoms with Crippen LogP contribution in [0, 0.1) is 19.3 Å². The monoisotopic (exact) mass is 462 g/mol. The van der Waals surface area contributed by atoms with Gasteiger partial charge in [0.1, 0.15) is 5.75 Å². The highest BCUT2D eigenvalue weighted by atomic mass is 35.5. The van der Waals surface area contributed by atoms with Gasteiger partial charge in [0.15, 0.2) is 17.3 Å². The highest BCUT2D eigenvalue weighted by molar-refractivity contribution is 6.34. The third-order valence-corrected chi connectivity index (χ3v) is 4.91. The van der Waals surface area contributed by atoms with Gasteiger partial charge in [-0.05, 0) is 48.9 Å². The lowest BCUT2D eigenvalue weighted by Gasteiger charge is -2.13. The average Bonchev–Trinajstić information content (AvgIpc) is 2.69. The van der Waals surface area contributed by atoms with Gasteiger partial charge in [-0.25, -0.2) is 9.24 Å². The third-order valence-electron chi connectivity index (χ3n) is 4.08. The fourth-order valence-corrected chi connectivity index (χ4v) is 3.37. The average molecular weight is 464 g/mol. The Morgan fingerprint density at radius 1 is 1.10 bits per heavy atom. The van der Waals surface area contributed by atoms with Gasteiger partial charge in [-0.3, -0.25) is 4.79 Å². The van der Waals surface area contributed by atoms with E-state index >= 15 is 4.39 Å². The van der Waals surface area contributed by atoms with E-state index in [1.165, 1.54) is 30.3 Å². The number of benzene rings is 3. The van der Waals surface area contributed by atoms with Crippen molar-refractivity contribution in [3.8, 4) is 11.5 Å². The first-order valence-corrected chi connectivity index (χ1v) is 9.79. The molecule has 3 rings (SSSR count). The smallest absolute Gasteiger partial charge is 0.228 e. The second kappa shape index (κ2) is 9.36. The van der Waals surface area contributed by atoms with Crippen molar-refractivity contribution >= 4 is 52.1 Å². The molecule has 1 N–H and O–H groups in total. The third kappa shape index (κ3) is 5.22. The van der Waals surface area contributed by atoms with Crippen LogP contribution in [0.25, 0.3) is 4.85 Å². The Morgan fingerprint density at radius 3 is 2.57 bits per heavy atom. The number of amides is 1. The molecule has 3 aromatic carbocycles. The second-order valence-electron chi connectivity index (χ2n) is 6.42. The van der Waals surface area contributed by atoms with E-state index in [1.54, 1.807) is 18.2 Å². The Kier molecular flexibility index (Phi) is 6.84. The quantitative estimate of drug-likeness (QED) is 0.395. The second-order valence-corrected chi connectivity index (χ2v) is 7.67. The molecule has 0 aromatic heterocycles. The van der Waals surface area contributed by atoms with Crippen LogP contribution in [-0.4, -0.2) is 5.91 Å². The van der Waals surface area contributed by atoms with Crippen molar-refractivity contribution in [1.82, 2.24) is 0 Å². The Bertz CT molecular complexity index is 1180. The van der Waals surface area contributed by atoms with Crippen LogP contribution < -0.4 is 10.1 Å². The van der Waals surface area contributed by atoms with E-state index < -0.39 is 11.7 Å². The minimum atomic E-state index is -0.781. The molecular formula is C22H14Cl3FN2O2. The van der Waals surface area contributed by atoms with Gasteiger partial charge >= 0.3 is 0 Å². The van der Waals surface area contributed by atoms with Crippen LogP contribution in [0.2, 0.25) is 15.1 Å². The molecule has 0 bridgehead atoms. The lowest BCUT2D eigenvalue weighted by molar-refractivity contribution is -0.115. The van der Waals surface area contributed by atoms with Gasteiger partial charge in [-0.1, -0.05) is 46.9 Å². The molecule has 0 saturated carbocycles. The lowest BCUT2D eigenvalue weighted by Crippen LogP contribution is -2.15. The summed E-state index contributed by atoms with van der Waals surface area (Å²) in [6.07, 6.45) is -0.258. The minimum Gasteiger partial charge on any atom is -0.454 e. The molecule has 30 heavy (non-hydrogen) atoms. The number of carbonyl (C=O) groups is 1. The predicted molar refractivity (Wildman–Crippen MR) is 118 cm³/mol. The summed E-state index contributed by atoms with van der Waals surface area (Å²) < 4.78 is 20.6. The van der Waals surface area contributed by atoms with E-state index in [-0.39, 0.29) is 39.2 Å². The topological polar surface area (TPSA) is 42.7 Å². The summed E-state index contributed by atoms with van der Waals surface area (Å²) in [5.41, 5.74) is 1.71. The van der Waals surface area contributed by atoms with E-state index in [9.17, 15) is 4.79 Å². The summed E-state index contributed by atoms with van der Waals surface area (Å²) in [6.45, 7) is 8.97. The number of carbonyl (C=O) groups excluding carboxylic acids is 1. The normalized spacial score (nSPS) is 10.4. The van der Waals surface area contributed by atoms with Crippen molar-refractivity contribution in [2.75, 3.05) is 5.32 Å². The molecule has 152 valence electrons. The van der Waals surface area contributed by atoms with Gasteiger partial charge < -0.3 is 10.1 Å². The summed E-state index contributed by atoms with van der Waals surface area (Å²) in [5, 5.41) is 3.33. The standard InChI is InChI=1S/C22H14Cl3FN2O2/c1-12-3-6-19(18(25)7-12)28-20(29)8-13-4-5-17(24)22(21(13)26)30-16-10-14(23)9-15(11-16)27-2/h3-7,9-11H,8H2,1H3,(H,28,29). The van der Waals surface area contributed by atoms with Gasteiger partial charge in [-0.2, -0.15) is 0 Å². The molecule has 0 spiro atoms. The fourth-order valence-electron chi connectivity index (χ4n) is 2.68. The van der Waals surface area contributed by atoms with Crippen molar-refractivity contribution in [2.45, 2.75) is 13.3 Å². The molecule has 0 aliphatic rings. The zero-order valence-electron chi connectivity index (χ0n) is 15.6. The summed E-state index contributed by atoms with van der Waals surface area (Å²) in [5.74, 6) is -1.33. The molecule has 0 radical (unpaired) electrons. The van der Waals surface area contributed by atoms with E-state index in [0.717, 1.165) is 5.56 Å². The molecule has 0 unspecified atom stereocenters. The van der Waals surface area contributed by atoms with E-state index in [0.29, 0.717) is 10.7 Å². The molecule has 0 aliphatic heterocycles. The number of hydrogen-bond donors (Lipinski definition) is 1. The summed E-state index contributed by atoms with van der Waals surface area (Å²) in [4.78, 5) is 15.7. The SMILES string of the molecule is [C-]#[N+]c1cc(Cl)cc(Oc2c(Cl)ccc(CC(=O)Nc3ccc(C)cc3Cl)c2F)c1. The van der Waals surface area contributed by atoms with Crippen LogP contribution in [-0.2, 0) is 11.2 Å². The van der Waals surface area contributed by atoms with Crippen molar-refractivity contribution in [2.24, 2.45) is 0 Å². The Labute approximate surface area is 188 Å². The van der Waals surface area contributed by atoms with Crippen molar-refractivity contribution in [1.29, 1.82) is 0 Å². The van der Waals surface area contributed by atoms with Crippen LogP contribution in [0.4, 0.5) is 15.8 Å². The number of hydrogen-bond acceptors (Lipinski definition) is 2. The molecule has 0 fully saturated rings. The molecule has 0 atom stereocenters. The molecule has 3 aromatic rings. The molecule has 0 heterocycles. The Morgan fingerprint density at radius 2 is 1.87 bits per heavy atom. The van der Waals surface area contributed by atoms with Crippen molar-refractivity contribution in [3.63, 3.8) is 0 Å². The maximum Gasteiger partial charge on any atom is 0.228 e. The van der Waals surface area contributed by atoms with Gasteiger partial charge in [0.25, 0.3) is 0 Å². The minimum absolute atomic E-state index is 0.0163. The summed E-state index contributed by atoms with van der Waals surface area (Å²) in [7, 11) is 0. The number of halogens is 4. The van der Waals surface area contributed by atoms with Crippen LogP contribution in [0.1, 0.15) is 11.1 Å². The zero-order chi connectivity index (χ0) is 21.8. The van der Waals surface area contributed by atoms with Gasteiger partial charge in [-0.15, -0.1) is 0 Å². The number of nitrogens with one attached hydrogen (secondary N) is 1. The van der Waals surface area contributed by atoms with Crippen LogP contribution in [0.5, 0.6) is 11.5 Å². The van der Waals surface area contributed by atoms with E-state index in [2.05, 4.69) is 10.2 Å². The molecule has 8 heteroatoms. The number of ether oxygens (including phenoxy) is 1. The van der Waals surface area contributed by atoms with Crippen molar-refractivity contribution in [3.05, 3.63) is 92.0 Å². The van der Waals surface area contributed by atoms with Crippen LogP contribution in [0.3, 0.4) is 0 Å². The zero-order valence-corrected chi connectivity index (χ0v) is 17.9. The van der Waals surface area contributed by atoms with E-state index in [4.69, 9.17) is 46.1 Å². The highest BCUT2D eigenvalue weighted by Crippen LogP contribution is 2.36. The molecular weight excluding hydrogens is 450 g/mol. The predicted octanol–water partition coefficient (Wildman–Crippen LogP) is 7.62. The lowest BCUT2D eigenvalue weighted by atomic mass is 10.1. The largest absolute Gasteiger partial charge is 0.454 e. The molecule has 4 nitrogen and oxygen atoms in total. The first kappa shape index (κ1) is 21.9. The van der Waals surface area contributed by atoms with Crippen LogP contribution >= 0.6 is 34.8 Å². The Hall–Kier alpha value is -2.78. The number of aryl methyl sites for hydroxylation is 1. The maximum absolute atomic E-state index is 15.0. The highest BCUT2D eigenvalue weighted by Gasteiger charge is 2.18. The van der Waals surface area contributed by atoms with Crippen molar-refractivity contribution < 1.29 is 13.9 Å². The maximum atomic E-state index is 15.0. The molecule has 1 amide bonds. The number of anilines is 1. The summed E-state index contributed by atoms with van der Waals surface area (Å²) >= 11 is 18.2. The number of rotatable bonds is 5. The van der Waals surface area contributed by atoms with Gasteiger partial charge in [0.2, 0.25) is 5.91 Å².